The van der Waals surface area contributed by atoms with Crippen LogP contribution in [0.1, 0.15) is 16.7 Å². The molecule has 1 amide bonds. The molecule has 0 saturated heterocycles. The molecule has 0 aliphatic heterocycles. The van der Waals surface area contributed by atoms with Crippen LogP contribution >= 0.6 is 0 Å². The monoisotopic (exact) mass is 343 g/mol. The molecule has 0 bridgehead atoms. The molecule has 2 rings (SSSR count). The van der Waals surface area contributed by atoms with Crippen LogP contribution in [0.15, 0.2) is 41.4 Å². The maximum atomic E-state index is 13.4. The van der Waals surface area contributed by atoms with Gasteiger partial charge in [0.25, 0.3) is 0 Å². The second kappa shape index (κ2) is 7.79. The van der Waals surface area contributed by atoms with E-state index in [-0.39, 0.29) is 12.4 Å². The van der Waals surface area contributed by atoms with Crippen LogP contribution in [0.4, 0.5) is 20.6 Å². The molecule has 0 saturated carbocycles. The van der Waals surface area contributed by atoms with Gasteiger partial charge in [0.15, 0.2) is 0 Å². The summed E-state index contributed by atoms with van der Waals surface area (Å²) in [5.41, 5.74) is 3.60. The summed E-state index contributed by atoms with van der Waals surface area (Å²) in [4.78, 5) is 19.2. The van der Waals surface area contributed by atoms with Gasteiger partial charge in [0.05, 0.1) is 24.3 Å². The van der Waals surface area contributed by atoms with Crippen molar-refractivity contribution in [2.75, 3.05) is 19.0 Å². The van der Waals surface area contributed by atoms with Crippen LogP contribution in [0.5, 0.6) is 0 Å². The van der Waals surface area contributed by atoms with Crippen LogP contribution in [-0.2, 0) is 6.54 Å². The van der Waals surface area contributed by atoms with Crippen molar-refractivity contribution >= 4 is 23.8 Å². The maximum absolute atomic E-state index is 13.4. The number of nitrogens with zero attached hydrogens (tertiary/aromatic N) is 3. The van der Waals surface area contributed by atoms with E-state index in [2.05, 4.69) is 4.99 Å². The van der Waals surface area contributed by atoms with Crippen LogP contribution in [0.3, 0.4) is 0 Å². The number of halogens is 1. The fraction of sp³-hybridized carbons (Fsp3) is 0.263. The van der Waals surface area contributed by atoms with E-state index in [1.54, 1.807) is 24.5 Å². The summed E-state index contributed by atoms with van der Waals surface area (Å²) in [7, 11) is 3.76. The SMILES string of the molecule is Cc1cc(N(Cc2cccc(F)c2)C(=O)O)c(C)cc1/N=C/N(C)C. The van der Waals surface area contributed by atoms with Gasteiger partial charge in [-0.1, -0.05) is 12.1 Å². The number of carboxylic acid groups (broad SMARTS) is 1. The minimum atomic E-state index is -1.09. The van der Waals surface area contributed by atoms with E-state index < -0.39 is 6.09 Å². The number of benzene rings is 2. The first-order valence-corrected chi connectivity index (χ1v) is 7.84. The average molecular weight is 343 g/mol. The Morgan fingerprint density at radius 3 is 2.52 bits per heavy atom. The Hall–Kier alpha value is -2.89. The average Bonchev–Trinajstić information content (AvgIpc) is 2.53. The summed E-state index contributed by atoms with van der Waals surface area (Å²) in [5.74, 6) is -0.385. The van der Waals surface area contributed by atoms with Crippen molar-refractivity contribution in [3.63, 3.8) is 0 Å². The van der Waals surface area contributed by atoms with Gasteiger partial charge in [0.2, 0.25) is 0 Å². The molecule has 132 valence electrons. The molecule has 0 radical (unpaired) electrons. The normalized spacial score (nSPS) is 10.9. The molecule has 6 heteroatoms. The van der Waals surface area contributed by atoms with Crippen molar-refractivity contribution < 1.29 is 14.3 Å². The Morgan fingerprint density at radius 1 is 1.20 bits per heavy atom. The number of carbonyl (C=O) groups is 1. The first kappa shape index (κ1) is 18.4. The Balaban J connectivity index is 2.38. The van der Waals surface area contributed by atoms with E-state index >= 15 is 0 Å². The van der Waals surface area contributed by atoms with Gasteiger partial charge in [-0.25, -0.2) is 14.2 Å². The number of hydrogen-bond donors (Lipinski definition) is 1. The fourth-order valence-electron chi connectivity index (χ4n) is 2.47. The number of anilines is 1. The van der Waals surface area contributed by atoms with Crippen molar-refractivity contribution in [1.82, 2.24) is 4.90 Å². The number of amides is 1. The summed E-state index contributed by atoms with van der Waals surface area (Å²) in [5, 5.41) is 9.61. The van der Waals surface area contributed by atoms with Crippen LogP contribution < -0.4 is 4.90 Å². The lowest BCUT2D eigenvalue weighted by atomic mass is 10.1. The standard InChI is InChI=1S/C19H22FN3O2/c1-13-9-18(14(2)8-17(13)21-12-22(3)4)23(19(24)25)11-15-6-5-7-16(20)10-15/h5-10,12H,11H2,1-4H3,(H,24,25)/b21-12+. The predicted molar refractivity (Wildman–Crippen MR) is 98.4 cm³/mol. The van der Waals surface area contributed by atoms with Crippen LogP contribution in [-0.4, -0.2) is 36.5 Å². The van der Waals surface area contributed by atoms with E-state index in [1.807, 2.05) is 38.9 Å². The zero-order chi connectivity index (χ0) is 18.6. The highest BCUT2D eigenvalue weighted by molar-refractivity contribution is 5.88. The zero-order valence-electron chi connectivity index (χ0n) is 14.8. The quantitative estimate of drug-likeness (QED) is 0.649. The smallest absolute Gasteiger partial charge is 0.412 e. The number of rotatable bonds is 5. The molecular formula is C19H22FN3O2. The molecule has 0 spiro atoms. The zero-order valence-corrected chi connectivity index (χ0v) is 14.8. The van der Waals surface area contributed by atoms with Gasteiger partial charge in [0.1, 0.15) is 5.82 Å². The van der Waals surface area contributed by atoms with Crippen molar-refractivity contribution in [2.45, 2.75) is 20.4 Å². The summed E-state index contributed by atoms with van der Waals surface area (Å²) < 4.78 is 13.4. The van der Waals surface area contributed by atoms with E-state index in [1.165, 1.54) is 17.0 Å². The van der Waals surface area contributed by atoms with Crippen molar-refractivity contribution in [3.8, 4) is 0 Å². The molecule has 1 N–H and O–H groups in total. The van der Waals surface area contributed by atoms with Gasteiger partial charge >= 0.3 is 6.09 Å². The van der Waals surface area contributed by atoms with Crippen molar-refractivity contribution in [3.05, 3.63) is 58.9 Å². The second-order valence-corrected chi connectivity index (χ2v) is 6.13. The van der Waals surface area contributed by atoms with Gasteiger partial charge in [-0.05, 0) is 54.8 Å². The minimum absolute atomic E-state index is 0.0771. The molecule has 2 aromatic carbocycles. The highest BCUT2D eigenvalue weighted by atomic mass is 19.1. The first-order valence-electron chi connectivity index (χ1n) is 7.84. The Bertz CT molecular complexity index is 803. The number of aliphatic imine (C=N–C) groups is 1. The van der Waals surface area contributed by atoms with Crippen molar-refractivity contribution in [1.29, 1.82) is 0 Å². The first-order chi connectivity index (χ1) is 11.8. The maximum Gasteiger partial charge on any atom is 0.412 e. The van der Waals surface area contributed by atoms with Crippen LogP contribution in [0.25, 0.3) is 0 Å². The predicted octanol–water partition coefficient (Wildman–Crippen LogP) is 4.35. The molecule has 0 aromatic heterocycles. The molecule has 0 atom stereocenters. The molecule has 2 aromatic rings. The van der Waals surface area contributed by atoms with Gasteiger partial charge < -0.3 is 10.0 Å². The minimum Gasteiger partial charge on any atom is -0.465 e. The van der Waals surface area contributed by atoms with Crippen LogP contribution in [0, 0.1) is 19.7 Å². The third-order valence-electron chi connectivity index (χ3n) is 3.69. The van der Waals surface area contributed by atoms with Gasteiger partial charge in [-0.2, -0.15) is 0 Å². The number of aryl methyl sites for hydroxylation is 2. The molecule has 0 unspecified atom stereocenters. The van der Waals surface area contributed by atoms with E-state index in [9.17, 15) is 14.3 Å². The van der Waals surface area contributed by atoms with E-state index in [0.717, 1.165) is 16.8 Å². The second-order valence-electron chi connectivity index (χ2n) is 6.13. The third-order valence-corrected chi connectivity index (χ3v) is 3.69. The highest BCUT2D eigenvalue weighted by Crippen LogP contribution is 2.30. The lowest BCUT2D eigenvalue weighted by Gasteiger charge is -2.22. The molecule has 0 heterocycles. The Kier molecular flexibility index (Phi) is 5.75. The van der Waals surface area contributed by atoms with Gasteiger partial charge in [0, 0.05) is 14.1 Å². The summed E-state index contributed by atoms with van der Waals surface area (Å²) in [6, 6.07) is 9.60. The Morgan fingerprint density at radius 2 is 1.92 bits per heavy atom. The molecule has 0 fully saturated rings. The molecular weight excluding hydrogens is 321 g/mol. The summed E-state index contributed by atoms with van der Waals surface area (Å²) in [6.07, 6.45) is 0.611. The fourth-order valence-corrected chi connectivity index (χ4v) is 2.47. The van der Waals surface area contributed by atoms with E-state index in [4.69, 9.17) is 0 Å². The van der Waals surface area contributed by atoms with Crippen LogP contribution in [0.2, 0.25) is 0 Å². The Labute approximate surface area is 147 Å². The molecule has 25 heavy (non-hydrogen) atoms. The number of hydrogen-bond acceptors (Lipinski definition) is 2. The summed E-state index contributed by atoms with van der Waals surface area (Å²) >= 11 is 0. The van der Waals surface area contributed by atoms with Crippen molar-refractivity contribution in [2.24, 2.45) is 4.99 Å². The topological polar surface area (TPSA) is 56.1 Å². The molecule has 5 nitrogen and oxygen atoms in total. The van der Waals surface area contributed by atoms with E-state index in [0.29, 0.717) is 11.3 Å². The lowest BCUT2D eigenvalue weighted by molar-refractivity contribution is 0.201. The lowest BCUT2D eigenvalue weighted by Crippen LogP contribution is -2.29. The highest BCUT2D eigenvalue weighted by Gasteiger charge is 2.18. The molecule has 0 aliphatic carbocycles. The third kappa shape index (κ3) is 4.79. The largest absolute Gasteiger partial charge is 0.465 e. The summed E-state index contributed by atoms with van der Waals surface area (Å²) in [6.45, 7) is 3.80. The van der Waals surface area contributed by atoms with Gasteiger partial charge in [-0.15, -0.1) is 0 Å². The molecule has 0 aliphatic rings. The van der Waals surface area contributed by atoms with Gasteiger partial charge in [-0.3, -0.25) is 4.90 Å².